The molecular weight excluding hydrogens is 621 g/mol. The van der Waals surface area contributed by atoms with E-state index >= 15 is 0 Å². The molecule has 2 aromatic heterocycles. The largest absolute Gasteiger partial charge is 0.455 e. The van der Waals surface area contributed by atoms with E-state index < -0.39 is 11.8 Å². The van der Waals surface area contributed by atoms with Gasteiger partial charge in [-0.25, -0.2) is 4.98 Å². The molecule has 3 heteroatoms. The number of benzene rings is 5. The number of hydrogen-bond acceptors (Lipinski definition) is 2. The molecule has 0 bridgehead atoms. The molecule has 0 unspecified atom stereocenters. The minimum atomic E-state index is -0.924. The lowest BCUT2D eigenvalue weighted by atomic mass is 9.62. The van der Waals surface area contributed by atoms with Crippen LogP contribution in [0, 0.1) is 5.41 Å². The minimum Gasteiger partial charge on any atom is -0.455 e. The fourth-order valence-corrected chi connectivity index (χ4v) is 9.48. The maximum atomic E-state index is 9.65. The zero-order chi connectivity index (χ0) is 36.5. The molecule has 0 aliphatic heterocycles. The lowest BCUT2D eigenvalue weighted by molar-refractivity contribution is 0.114. The Balaban J connectivity index is 1.25. The van der Waals surface area contributed by atoms with Crippen LogP contribution in [-0.4, -0.2) is 9.55 Å². The molecule has 0 N–H and O–H groups in total. The van der Waals surface area contributed by atoms with Crippen LogP contribution in [0.25, 0.3) is 61.2 Å². The summed E-state index contributed by atoms with van der Waals surface area (Å²) in [5, 5.41) is 2.11. The fraction of sp³-hybridized carbons (Fsp3) is 0.354. The Kier molecular flexibility index (Phi) is 7.57. The summed E-state index contributed by atoms with van der Waals surface area (Å²) in [5.74, 6) is -0.637. The first-order valence-electron chi connectivity index (χ1n) is 20.2. The molecule has 2 saturated carbocycles. The number of para-hydroxylation sites is 3. The number of nitrogens with zero attached hydrogens (tertiary/aromatic N) is 2. The van der Waals surface area contributed by atoms with Crippen LogP contribution in [0.15, 0.2) is 108 Å². The standard InChI is InChI=1S/C48H50N2O/c1-31(2)40-28-36(34-22-26-48(27-23-34)24-11-6-12-25-48)29-41(32(3)4)45(40)50-43-19-10-9-18-42(43)49-47(50)39-17-13-16-38-37-21-20-35(30-44(37)51-46(38)39)33-14-7-5-8-15-33/h5,7-10,13-21,28-32,34H,6,11-12,22-27H2,1-4H3/i31D,32D. The van der Waals surface area contributed by atoms with Crippen molar-refractivity contribution in [2.45, 2.75) is 103 Å². The zero-order valence-electron chi connectivity index (χ0n) is 32.6. The molecule has 5 aromatic carbocycles. The quantitative estimate of drug-likeness (QED) is 0.176. The predicted octanol–water partition coefficient (Wildman–Crippen LogP) is 14.1. The molecule has 2 aliphatic rings. The highest BCUT2D eigenvalue weighted by molar-refractivity contribution is 6.10. The highest BCUT2D eigenvalue weighted by Gasteiger charge is 2.37. The second-order valence-electron chi connectivity index (χ2n) is 15.9. The third kappa shape index (κ3) is 5.61. The molecule has 7 aromatic rings. The average molecular weight is 673 g/mol. The van der Waals surface area contributed by atoms with Crippen molar-refractivity contribution in [2.75, 3.05) is 0 Å². The summed E-state index contributed by atoms with van der Waals surface area (Å²) in [4.78, 5) is 5.33. The van der Waals surface area contributed by atoms with Gasteiger partial charge in [0, 0.05) is 13.5 Å². The Morgan fingerprint density at radius 2 is 1.41 bits per heavy atom. The van der Waals surface area contributed by atoms with E-state index in [2.05, 4.69) is 95.6 Å². The van der Waals surface area contributed by atoms with Gasteiger partial charge < -0.3 is 4.42 Å². The van der Waals surface area contributed by atoms with Crippen molar-refractivity contribution in [1.29, 1.82) is 0 Å². The first-order valence-corrected chi connectivity index (χ1v) is 19.2. The summed E-state index contributed by atoms with van der Waals surface area (Å²) in [6.45, 7) is 7.99. The van der Waals surface area contributed by atoms with Gasteiger partial charge in [0.25, 0.3) is 0 Å². The zero-order valence-corrected chi connectivity index (χ0v) is 30.6. The molecule has 0 atom stereocenters. The SMILES string of the molecule is [2H]C(C)(C)c1cc(C2CCC3(CCCCC3)CC2)cc(C([2H])(C)C)c1-n1c(-c2cccc3c2oc2cc(-c4ccccc4)ccc23)nc2ccccc21. The molecular formula is C48H50N2O. The van der Waals surface area contributed by atoms with Crippen molar-refractivity contribution in [1.82, 2.24) is 9.55 Å². The van der Waals surface area contributed by atoms with E-state index in [9.17, 15) is 2.74 Å². The summed E-state index contributed by atoms with van der Waals surface area (Å²) in [5.41, 5.74) is 11.2. The molecule has 0 radical (unpaired) electrons. The molecule has 2 fully saturated rings. The number of aromatic nitrogens is 2. The molecule has 0 amide bonds. The van der Waals surface area contributed by atoms with Gasteiger partial charge in [0.05, 0.1) is 22.3 Å². The van der Waals surface area contributed by atoms with Gasteiger partial charge in [-0.15, -0.1) is 0 Å². The van der Waals surface area contributed by atoms with E-state index in [4.69, 9.17) is 9.40 Å². The van der Waals surface area contributed by atoms with Gasteiger partial charge in [-0.2, -0.15) is 0 Å². The Morgan fingerprint density at radius 1 is 0.706 bits per heavy atom. The molecule has 0 saturated heterocycles. The van der Waals surface area contributed by atoms with Crippen LogP contribution in [0.2, 0.25) is 0 Å². The third-order valence-electron chi connectivity index (χ3n) is 12.3. The molecule has 51 heavy (non-hydrogen) atoms. The normalized spacial score (nSPS) is 17.7. The van der Waals surface area contributed by atoms with Crippen molar-refractivity contribution in [2.24, 2.45) is 5.41 Å². The first-order chi connectivity index (χ1) is 25.5. The number of imidazole rings is 1. The minimum absolute atomic E-state index is 0.447. The monoisotopic (exact) mass is 672 g/mol. The maximum Gasteiger partial charge on any atom is 0.149 e. The summed E-state index contributed by atoms with van der Waals surface area (Å²) >= 11 is 0. The van der Waals surface area contributed by atoms with E-state index in [0.717, 1.165) is 72.3 Å². The summed E-state index contributed by atoms with van der Waals surface area (Å²) in [6, 6.07) is 36.2. The lowest BCUT2D eigenvalue weighted by Crippen LogP contribution is -2.29. The summed E-state index contributed by atoms with van der Waals surface area (Å²) in [6.07, 6.45) is 11.9. The van der Waals surface area contributed by atoms with E-state index in [1.807, 2.05) is 39.8 Å². The lowest BCUT2D eigenvalue weighted by Gasteiger charge is -2.43. The Hall–Kier alpha value is -4.63. The van der Waals surface area contributed by atoms with E-state index in [1.165, 1.54) is 63.4 Å². The molecule has 258 valence electrons. The first kappa shape index (κ1) is 30.0. The third-order valence-corrected chi connectivity index (χ3v) is 12.3. The maximum absolute atomic E-state index is 9.65. The van der Waals surface area contributed by atoms with Gasteiger partial charge in [0.1, 0.15) is 17.0 Å². The Morgan fingerprint density at radius 3 is 2.14 bits per heavy atom. The van der Waals surface area contributed by atoms with Crippen molar-refractivity contribution in [3.63, 3.8) is 0 Å². The second kappa shape index (κ2) is 12.9. The summed E-state index contributed by atoms with van der Waals surface area (Å²) in [7, 11) is 0. The van der Waals surface area contributed by atoms with Crippen molar-refractivity contribution < 1.29 is 7.16 Å². The molecule has 2 heterocycles. The second-order valence-corrected chi connectivity index (χ2v) is 15.9. The Labute approximate surface area is 305 Å². The van der Waals surface area contributed by atoms with Crippen molar-refractivity contribution in [3.8, 4) is 28.2 Å². The topological polar surface area (TPSA) is 31.0 Å². The van der Waals surface area contributed by atoms with Crippen LogP contribution in [0.3, 0.4) is 0 Å². The van der Waals surface area contributed by atoms with Crippen LogP contribution in [0.5, 0.6) is 0 Å². The Bertz CT molecular complexity index is 2420. The van der Waals surface area contributed by atoms with Crippen molar-refractivity contribution >= 4 is 33.0 Å². The molecule has 2 aliphatic carbocycles. The van der Waals surface area contributed by atoms with Gasteiger partial charge >= 0.3 is 0 Å². The van der Waals surface area contributed by atoms with Gasteiger partial charge in [-0.05, 0) is 120 Å². The summed E-state index contributed by atoms with van der Waals surface area (Å²) < 4.78 is 28.3. The molecule has 1 spiro atoms. The average Bonchev–Trinajstić information content (AvgIpc) is 3.73. The fourth-order valence-electron chi connectivity index (χ4n) is 9.48. The van der Waals surface area contributed by atoms with Gasteiger partial charge in [-0.3, -0.25) is 4.57 Å². The van der Waals surface area contributed by atoms with Gasteiger partial charge in [0.15, 0.2) is 0 Å². The van der Waals surface area contributed by atoms with Crippen LogP contribution in [-0.2, 0) is 0 Å². The van der Waals surface area contributed by atoms with E-state index in [1.54, 1.807) is 0 Å². The number of furan rings is 1. The highest BCUT2D eigenvalue weighted by Crippen LogP contribution is 2.52. The van der Waals surface area contributed by atoms with Crippen molar-refractivity contribution in [3.05, 3.63) is 120 Å². The number of hydrogen-bond donors (Lipinski definition) is 0. The van der Waals surface area contributed by atoms with Gasteiger partial charge in [-0.1, -0.05) is 120 Å². The van der Waals surface area contributed by atoms with E-state index in [-0.39, 0.29) is 0 Å². The van der Waals surface area contributed by atoms with Gasteiger partial charge in [0.2, 0.25) is 0 Å². The number of rotatable bonds is 6. The highest BCUT2D eigenvalue weighted by atomic mass is 16.3. The predicted molar refractivity (Wildman–Crippen MR) is 214 cm³/mol. The van der Waals surface area contributed by atoms with Crippen LogP contribution >= 0.6 is 0 Å². The molecule has 9 rings (SSSR count). The van der Waals surface area contributed by atoms with Crippen LogP contribution in [0.4, 0.5) is 0 Å². The van der Waals surface area contributed by atoms with Crippen LogP contribution in [0.1, 0.15) is 123 Å². The molecule has 3 nitrogen and oxygen atoms in total. The van der Waals surface area contributed by atoms with E-state index in [0.29, 0.717) is 11.3 Å². The van der Waals surface area contributed by atoms with Crippen LogP contribution < -0.4 is 0 Å². The number of fused-ring (bicyclic) bond motifs is 4. The smallest absolute Gasteiger partial charge is 0.149 e.